The maximum Gasteiger partial charge on any atom is 0.322 e. The molecule has 0 aromatic heterocycles. The molecule has 0 fully saturated rings. The van der Waals surface area contributed by atoms with Gasteiger partial charge in [0.15, 0.2) is 0 Å². The molecule has 33 heavy (non-hydrogen) atoms. The Morgan fingerprint density at radius 2 is 1.42 bits per heavy atom. The molecule has 1 N–H and O–H groups in total. The fourth-order valence-corrected chi connectivity index (χ4v) is 4.04. The number of carbonyl (C=O) groups excluding carboxylic acids is 1. The number of para-hydroxylation sites is 1. The summed E-state index contributed by atoms with van der Waals surface area (Å²) in [5.41, 5.74) is 4.88. The summed E-state index contributed by atoms with van der Waals surface area (Å²) < 4.78 is 5.59. The van der Waals surface area contributed by atoms with Crippen LogP contribution in [-0.2, 0) is 6.54 Å². The number of methoxy groups -OCH3 is 1. The van der Waals surface area contributed by atoms with Crippen LogP contribution in [-0.4, -0.2) is 18.0 Å². The van der Waals surface area contributed by atoms with Gasteiger partial charge in [-0.05, 0) is 41.8 Å². The van der Waals surface area contributed by atoms with Gasteiger partial charge in [-0.3, -0.25) is 0 Å². The molecule has 4 heteroatoms. The van der Waals surface area contributed by atoms with E-state index in [9.17, 15) is 4.79 Å². The second-order valence-electron chi connectivity index (χ2n) is 7.96. The number of rotatable bonds is 7. The summed E-state index contributed by atoms with van der Waals surface area (Å²) >= 11 is 0. The van der Waals surface area contributed by atoms with E-state index >= 15 is 0 Å². The number of carbonyl (C=O) groups is 1. The average Bonchev–Trinajstić information content (AvgIpc) is 2.85. The molecule has 0 atom stereocenters. The summed E-state index contributed by atoms with van der Waals surface area (Å²) in [5, 5.41) is 3.11. The SMILES string of the molecule is COc1ccccc1CN(C(=O)Nc1cccc(C)c1)C(c1ccccc1)c1ccccc1. The van der Waals surface area contributed by atoms with E-state index in [-0.39, 0.29) is 12.1 Å². The molecule has 0 heterocycles. The third kappa shape index (κ3) is 5.42. The van der Waals surface area contributed by atoms with Gasteiger partial charge in [-0.15, -0.1) is 0 Å². The number of benzene rings is 4. The second kappa shape index (κ2) is 10.5. The van der Waals surface area contributed by atoms with Crippen molar-refractivity contribution in [3.8, 4) is 5.75 Å². The Kier molecular flexibility index (Phi) is 7.06. The van der Waals surface area contributed by atoms with Gasteiger partial charge in [0.05, 0.1) is 19.7 Å². The summed E-state index contributed by atoms with van der Waals surface area (Å²) in [5.74, 6) is 0.755. The van der Waals surface area contributed by atoms with Crippen LogP contribution in [0, 0.1) is 6.92 Å². The third-order valence-corrected chi connectivity index (χ3v) is 5.61. The van der Waals surface area contributed by atoms with E-state index in [4.69, 9.17) is 4.74 Å². The highest BCUT2D eigenvalue weighted by molar-refractivity contribution is 5.90. The van der Waals surface area contributed by atoms with Crippen molar-refractivity contribution in [2.75, 3.05) is 12.4 Å². The Labute approximate surface area is 195 Å². The maximum atomic E-state index is 13.8. The lowest BCUT2D eigenvalue weighted by Crippen LogP contribution is -2.38. The van der Waals surface area contributed by atoms with Crippen molar-refractivity contribution in [2.45, 2.75) is 19.5 Å². The Hall–Kier alpha value is -4.05. The molecule has 4 aromatic carbocycles. The van der Waals surface area contributed by atoms with Crippen LogP contribution >= 0.6 is 0 Å². The van der Waals surface area contributed by atoms with Gasteiger partial charge in [0.25, 0.3) is 0 Å². The van der Waals surface area contributed by atoms with Crippen molar-refractivity contribution in [1.29, 1.82) is 0 Å². The van der Waals surface area contributed by atoms with Crippen LogP contribution in [0.25, 0.3) is 0 Å². The van der Waals surface area contributed by atoms with Crippen LogP contribution in [0.3, 0.4) is 0 Å². The maximum absolute atomic E-state index is 13.8. The lowest BCUT2D eigenvalue weighted by Gasteiger charge is -2.33. The number of hydrogen-bond donors (Lipinski definition) is 1. The molecule has 0 aliphatic carbocycles. The molecule has 0 aliphatic heterocycles. The first-order chi connectivity index (χ1) is 16.2. The molecular formula is C29H28N2O2. The Bertz CT molecular complexity index is 1150. The molecule has 2 amide bonds. The number of ether oxygens (including phenoxy) is 1. The predicted octanol–water partition coefficient (Wildman–Crippen LogP) is 6.83. The van der Waals surface area contributed by atoms with Crippen molar-refractivity contribution in [1.82, 2.24) is 4.90 Å². The number of amides is 2. The molecule has 0 unspecified atom stereocenters. The van der Waals surface area contributed by atoms with Crippen molar-refractivity contribution in [3.05, 3.63) is 131 Å². The number of nitrogens with zero attached hydrogens (tertiary/aromatic N) is 1. The zero-order valence-electron chi connectivity index (χ0n) is 18.9. The van der Waals surface area contributed by atoms with Crippen molar-refractivity contribution < 1.29 is 9.53 Å². The standard InChI is InChI=1S/C29H28N2O2/c1-22-12-11-18-26(20-22)30-29(32)31(21-25-17-9-10-19-27(25)33-2)28(23-13-5-3-6-14-23)24-15-7-4-8-16-24/h3-20,28H,21H2,1-2H3,(H,30,32). The first-order valence-electron chi connectivity index (χ1n) is 11.0. The monoisotopic (exact) mass is 436 g/mol. The summed E-state index contributed by atoms with van der Waals surface area (Å²) in [6, 6.07) is 35.5. The molecule has 0 saturated heterocycles. The van der Waals surface area contributed by atoms with Gasteiger partial charge in [-0.2, -0.15) is 0 Å². The molecule has 0 bridgehead atoms. The largest absolute Gasteiger partial charge is 0.496 e. The van der Waals surface area contributed by atoms with Gasteiger partial charge in [0.1, 0.15) is 5.75 Å². The molecule has 0 saturated carbocycles. The topological polar surface area (TPSA) is 41.6 Å². The minimum atomic E-state index is -0.276. The lowest BCUT2D eigenvalue weighted by molar-refractivity contribution is 0.193. The smallest absolute Gasteiger partial charge is 0.322 e. The number of hydrogen-bond acceptors (Lipinski definition) is 2. The number of nitrogens with one attached hydrogen (secondary N) is 1. The second-order valence-corrected chi connectivity index (χ2v) is 7.96. The Morgan fingerprint density at radius 1 is 0.818 bits per heavy atom. The van der Waals surface area contributed by atoms with E-state index < -0.39 is 0 Å². The van der Waals surface area contributed by atoms with Gasteiger partial charge >= 0.3 is 6.03 Å². The van der Waals surface area contributed by atoms with Crippen LogP contribution < -0.4 is 10.1 Å². The quantitative estimate of drug-likeness (QED) is 0.345. The van der Waals surface area contributed by atoms with Crippen LogP contribution in [0.5, 0.6) is 5.75 Å². The van der Waals surface area contributed by atoms with Gasteiger partial charge in [0, 0.05) is 11.3 Å². The zero-order chi connectivity index (χ0) is 23.0. The van der Waals surface area contributed by atoms with E-state index in [0.717, 1.165) is 33.7 Å². The van der Waals surface area contributed by atoms with Crippen LogP contribution in [0.4, 0.5) is 10.5 Å². The van der Waals surface area contributed by atoms with E-state index in [0.29, 0.717) is 6.54 Å². The molecule has 4 aromatic rings. The normalized spacial score (nSPS) is 10.6. The van der Waals surface area contributed by atoms with E-state index in [1.165, 1.54) is 0 Å². The minimum absolute atomic E-state index is 0.177. The fraction of sp³-hybridized carbons (Fsp3) is 0.138. The van der Waals surface area contributed by atoms with Gasteiger partial charge in [-0.25, -0.2) is 4.79 Å². The van der Waals surface area contributed by atoms with Crippen molar-refractivity contribution >= 4 is 11.7 Å². The highest BCUT2D eigenvalue weighted by Crippen LogP contribution is 2.32. The van der Waals surface area contributed by atoms with Crippen LogP contribution in [0.1, 0.15) is 28.3 Å². The molecular weight excluding hydrogens is 408 g/mol. The van der Waals surface area contributed by atoms with Crippen LogP contribution in [0.2, 0.25) is 0 Å². The first kappa shape index (κ1) is 22.2. The van der Waals surface area contributed by atoms with E-state index in [1.807, 2.05) is 96.8 Å². The molecule has 4 nitrogen and oxygen atoms in total. The van der Waals surface area contributed by atoms with Crippen LogP contribution in [0.15, 0.2) is 109 Å². The average molecular weight is 437 g/mol. The van der Waals surface area contributed by atoms with Crippen molar-refractivity contribution in [2.24, 2.45) is 0 Å². The molecule has 166 valence electrons. The Balaban J connectivity index is 1.79. The Morgan fingerprint density at radius 3 is 2.03 bits per heavy atom. The molecule has 0 aliphatic rings. The molecule has 4 rings (SSSR count). The predicted molar refractivity (Wildman–Crippen MR) is 133 cm³/mol. The first-order valence-corrected chi connectivity index (χ1v) is 11.0. The highest BCUT2D eigenvalue weighted by atomic mass is 16.5. The molecule has 0 spiro atoms. The van der Waals surface area contributed by atoms with Gasteiger partial charge < -0.3 is 15.0 Å². The lowest BCUT2D eigenvalue weighted by atomic mass is 9.96. The number of urea groups is 1. The zero-order valence-corrected chi connectivity index (χ0v) is 18.9. The number of aryl methyl sites for hydroxylation is 1. The summed E-state index contributed by atoms with van der Waals surface area (Å²) in [4.78, 5) is 15.7. The van der Waals surface area contributed by atoms with Crippen molar-refractivity contribution in [3.63, 3.8) is 0 Å². The van der Waals surface area contributed by atoms with Gasteiger partial charge in [-0.1, -0.05) is 91.0 Å². The summed E-state index contributed by atoms with van der Waals surface area (Å²) in [6.45, 7) is 2.40. The third-order valence-electron chi connectivity index (χ3n) is 5.61. The highest BCUT2D eigenvalue weighted by Gasteiger charge is 2.28. The molecule has 0 radical (unpaired) electrons. The van der Waals surface area contributed by atoms with E-state index in [2.05, 4.69) is 29.6 Å². The number of anilines is 1. The summed E-state index contributed by atoms with van der Waals surface area (Å²) in [7, 11) is 1.65. The fourth-order valence-electron chi connectivity index (χ4n) is 4.04. The minimum Gasteiger partial charge on any atom is -0.496 e. The van der Waals surface area contributed by atoms with Gasteiger partial charge in [0.2, 0.25) is 0 Å². The summed E-state index contributed by atoms with van der Waals surface area (Å²) in [6.07, 6.45) is 0. The van der Waals surface area contributed by atoms with E-state index in [1.54, 1.807) is 7.11 Å².